The largest absolute Gasteiger partial charge is 0.493 e. The van der Waals surface area contributed by atoms with Crippen LogP contribution in [-0.2, 0) is 4.79 Å². The molecule has 0 heterocycles. The number of nitrogens with one attached hydrogen (secondary N) is 1. The Kier molecular flexibility index (Phi) is 7.75. The van der Waals surface area contributed by atoms with Crippen molar-refractivity contribution in [3.63, 3.8) is 0 Å². The maximum absolute atomic E-state index is 11.8. The highest BCUT2D eigenvalue weighted by molar-refractivity contribution is 9.10. The maximum atomic E-state index is 11.8. The maximum Gasteiger partial charge on any atom is 0.223 e. The smallest absolute Gasteiger partial charge is 0.223 e. The van der Waals surface area contributed by atoms with E-state index in [9.17, 15) is 9.90 Å². The molecule has 0 aliphatic rings. The van der Waals surface area contributed by atoms with Gasteiger partial charge in [-0.3, -0.25) is 4.79 Å². The van der Waals surface area contributed by atoms with Gasteiger partial charge >= 0.3 is 0 Å². The van der Waals surface area contributed by atoms with E-state index in [1.54, 1.807) is 0 Å². The molecule has 4 nitrogen and oxygen atoms in total. The molecular formula is C16H24BrNO3. The Balaban J connectivity index is 2.29. The zero-order valence-corrected chi connectivity index (χ0v) is 14.3. The molecule has 0 aliphatic heterocycles. The van der Waals surface area contributed by atoms with Gasteiger partial charge in [0.25, 0.3) is 0 Å². The summed E-state index contributed by atoms with van der Waals surface area (Å²) in [5, 5.41) is 12.3. The fourth-order valence-corrected chi connectivity index (χ4v) is 2.21. The van der Waals surface area contributed by atoms with E-state index >= 15 is 0 Å². The molecule has 0 aliphatic carbocycles. The number of hydrogen-bond donors (Lipinski definition) is 2. The number of aliphatic hydroxyl groups excluding tert-OH is 1. The second kappa shape index (κ2) is 9.05. The number of benzene rings is 1. The second-order valence-electron chi connectivity index (χ2n) is 5.19. The summed E-state index contributed by atoms with van der Waals surface area (Å²) in [7, 11) is 0. The molecule has 0 unspecified atom stereocenters. The molecule has 5 heteroatoms. The van der Waals surface area contributed by atoms with Gasteiger partial charge < -0.3 is 15.2 Å². The van der Waals surface area contributed by atoms with Crippen LogP contribution >= 0.6 is 15.9 Å². The van der Waals surface area contributed by atoms with Crippen molar-refractivity contribution in [1.82, 2.24) is 5.32 Å². The summed E-state index contributed by atoms with van der Waals surface area (Å²) in [5.41, 5.74) is -0.206. The van der Waals surface area contributed by atoms with Gasteiger partial charge in [-0.1, -0.05) is 29.8 Å². The van der Waals surface area contributed by atoms with Crippen molar-refractivity contribution in [3.8, 4) is 5.75 Å². The number of carbonyl (C=O) groups is 1. The molecule has 0 fully saturated rings. The third-order valence-corrected chi connectivity index (χ3v) is 4.44. The summed E-state index contributed by atoms with van der Waals surface area (Å²) in [5.74, 6) is 0.699. The van der Waals surface area contributed by atoms with E-state index in [-0.39, 0.29) is 17.9 Å². The van der Waals surface area contributed by atoms with Crippen LogP contribution in [0.15, 0.2) is 28.7 Å². The van der Waals surface area contributed by atoms with Gasteiger partial charge in [0.15, 0.2) is 0 Å². The lowest BCUT2D eigenvalue weighted by atomic mass is 9.83. The van der Waals surface area contributed by atoms with E-state index in [4.69, 9.17) is 4.74 Å². The average molecular weight is 358 g/mol. The molecule has 0 aromatic heterocycles. The summed E-state index contributed by atoms with van der Waals surface area (Å²) in [6, 6.07) is 7.50. The lowest BCUT2D eigenvalue weighted by Crippen LogP contribution is -2.39. The molecule has 0 atom stereocenters. The van der Waals surface area contributed by atoms with Crippen molar-refractivity contribution in [1.29, 1.82) is 0 Å². The molecule has 0 saturated carbocycles. The van der Waals surface area contributed by atoms with Gasteiger partial charge in [-0.2, -0.15) is 0 Å². The quantitative estimate of drug-likeness (QED) is 0.713. The minimum Gasteiger partial charge on any atom is -0.493 e. The second-order valence-corrected chi connectivity index (χ2v) is 6.11. The highest BCUT2D eigenvalue weighted by Crippen LogP contribution is 2.24. The standard InChI is InChI=1S/C16H24BrNO3/c1-3-16(4-2,12-19)11-18-15(20)9-10-21-14-7-5-13(17)6-8-14/h5-8,19H,3-4,9-12H2,1-2H3,(H,18,20). The molecule has 1 aromatic carbocycles. The summed E-state index contributed by atoms with van der Waals surface area (Å²) < 4.78 is 6.50. The van der Waals surface area contributed by atoms with Gasteiger partial charge in [0.1, 0.15) is 5.75 Å². The average Bonchev–Trinajstić information content (AvgIpc) is 2.51. The molecule has 1 rings (SSSR count). The molecule has 2 N–H and O–H groups in total. The normalized spacial score (nSPS) is 11.2. The minimum absolute atomic E-state index is 0.0492. The highest BCUT2D eigenvalue weighted by atomic mass is 79.9. The predicted molar refractivity (Wildman–Crippen MR) is 87.4 cm³/mol. The first kappa shape index (κ1) is 18.0. The zero-order valence-electron chi connectivity index (χ0n) is 12.7. The van der Waals surface area contributed by atoms with Crippen molar-refractivity contribution in [2.24, 2.45) is 5.41 Å². The highest BCUT2D eigenvalue weighted by Gasteiger charge is 2.25. The summed E-state index contributed by atoms with van der Waals surface area (Å²) in [6.07, 6.45) is 2.00. The van der Waals surface area contributed by atoms with Crippen LogP contribution in [0.25, 0.3) is 0 Å². The summed E-state index contributed by atoms with van der Waals surface area (Å²) >= 11 is 3.36. The molecule has 1 amide bonds. The SMILES string of the molecule is CCC(CC)(CO)CNC(=O)CCOc1ccc(Br)cc1. The van der Waals surface area contributed by atoms with Gasteiger partial charge in [0.2, 0.25) is 5.91 Å². The Morgan fingerprint density at radius 1 is 1.29 bits per heavy atom. The van der Waals surface area contributed by atoms with Crippen LogP contribution in [0.2, 0.25) is 0 Å². The van der Waals surface area contributed by atoms with Crippen LogP contribution < -0.4 is 10.1 Å². The van der Waals surface area contributed by atoms with Gasteiger partial charge in [0.05, 0.1) is 19.6 Å². The van der Waals surface area contributed by atoms with Crippen molar-refractivity contribution >= 4 is 21.8 Å². The number of rotatable bonds is 9. The van der Waals surface area contributed by atoms with Crippen LogP contribution in [-0.4, -0.2) is 30.8 Å². The van der Waals surface area contributed by atoms with Crippen molar-refractivity contribution in [2.75, 3.05) is 19.8 Å². The fourth-order valence-electron chi connectivity index (χ4n) is 1.95. The number of aliphatic hydroxyl groups is 1. The van der Waals surface area contributed by atoms with Crippen molar-refractivity contribution in [2.45, 2.75) is 33.1 Å². The van der Waals surface area contributed by atoms with Gasteiger partial charge in [0, 0.05) is 16.4 Å². The Hall–Kier alpha value is -1.07. The molecule has 118 valence electrons. The van der Waals surface area contributed by atoms with Crippen LogP contribution in [0.3, 0.4) is 0 Å². The fraction of sp³-hybridized carbons (Fsp3) is 0.562. The van der Waals surface area contributed by atoms with Crippen LogP contribution in [0.5, 0.6) is 5.75 Å². The minimum atomic E-state index is -0.206. The Morgan fingerprint density at radius 3 is 2.43 bits per heavy atom. The Bertz CT molecular complexity index is 421. The lowest BCUT2D eigenvalue weighted by molar-refractivity contribution is -0.122. The predicted octanol–water partition coefficient (Wildman–Crippen LogP) is 3.13. The summed E-state index contributed by atoms with van der Waals surface area (Å²) in [6.45, 7) is 5.01. The van der Waals surface area contributed by atoms with Crippen LogP contribution in [0, 0.1) is 5.41 Å². The van der Waals surface area contributed by atoms with E-state index in [2.05, 4.69) is 21.2 Å². The lowest BCUT2D eigenvalue weighted by Gasteiger charge is -2.29. The Labute approximate surface area is 135 Å². The summed E-state index contributed by atoms with van der Waals surface area (Å²) in [4.78, 5) is 11.8. The van der Waals surface area contributed by atoms with E-state index in [0.717, 1.165) is 23.1 Å². The van der Waals surface area contributed by atoms with Gasteiger partial charge in [-0.15, -0.1) is 0 Å². The topological polar surface area (TPSA) is 58.6 Å². The van der Waals surface area contributed by atoms with Crippen LogP contribution in [0.1, 0.15) is 33.1 Å². The number of hydrogen-bond acceptors (Lipinski definition) is 3. The Morgan fingerprint density at radius 2 is 1.90 bits per heavy atom. The van der Waals surface area contributed by atoms with E-state index in [1.165, 1.54) is 0 Å². The monoisotopic (exact) mass is 357 g/mol. The van der Waals surface area contributed by atoms with E-state index in [0.29, 0.717) is 19.6 Å². The number of halogens is 1. The molecule has 21 heavy (non-hydrogen) atoms. The first-order valence-electron chi connectivity index (χ1n) is 7.31. The van der Waals surface area contributed by atoms with Crippen LogP contribution in [0.4, 0.5) is 0 Å². The van der Waals surface area contributed by atoms with E-state index in [1.807, 2.05) is 38.1 Å². The van der Waals surface area contributed by atoms with Crippen molar-refractivity contribution < 1.29 is 14.6 Å². The molecule has 0 radical (unpaired) electrons. The third kappa shape index (κ3) is 6.06. The van der Waals surface area contributed by atoms with Crippen molar-refractivity contribution in [3.05, 3.63) is 28.7 Å². The number of amides is 1. The first-order chi connectivity index (χ1) is 10.0. The molecule has 1 aromatic rings. The molecule has 0 spiro atoms. The zero-order chi connectivity index (χ0) is 15.7. The number of ether oxygens (including phenoxy) is 1. The van der Waals surface area contributed by atoms with Gasteiger partial charge in [-0.25, -0.2) is 0 Å². The first-order valence-corrected chi connectivity index (χ1v) is 8.10. The molecule has 0 bridgehead atoms. The molecule has 0 saturated heterocycles. The van der Waals surface area contributed by atoms with E-state index < -0.39 is 0 Å². The number of carbonyl (C=O) groups excluding carboxylic acids is 1. The van der Waals surface area contributed by atoms with Gasteiger partial charge in [-0.05, 0) is 37.1 Å². The molecular weight excluding hydrogens is 334 g/mol. The third-order valence-electron chi connectivity index (χ3n) is 3.91.